The number of benzene rings is 1. The van der Waals surface area contributed by atoms with Gasteiger partial charge in [-0.2, -0.15) is 0 Å². The van der Waals surface area contributed by atoms with Gasteiger partial charge in [0.15, 0.2) is 0 Å². The average Bonchev–Trinajstić information content (AvgIpc) is 2.93. The van der Waals surface area contributed by atoms with E-state index in [1.807, 2.05) is 0 Å². The predicted molar refractivity (Wildman–Crippen MR) is 153 cm³/mol. The molecule has 0 radical (unpaired) electrons. The molecule has 0 bridgehead atoms. The fourth-order valence-electron chi connectivity index (χ4n) is 5.48. The van der Waals surface area contributed by atoms with E-state index in [1.54, 1.807) is 0 Å². The zero-order valence-electron chi connectivity index (χ0n) is 23.4. The molecule has 3 nitrogen and oxygen atoms in total. The van der Waals surface area contributed by atoms with Crippen LogP contribution in [0.5, 0.6) is 5.75 Å². The Hall–Kier alpha value is -1.90. The summed E-state index contributed by atoms with van der Waals surface area (Å²) in [6, 6.07) is 8.86. The van der Waals surface area contributed by atoms with E-state index in [2.05, 4.69) is 50.5 Å². The van der Waals surface area contributed by atoms with Crippen LogP contribution in [-0.4, -0.2) is 16.6 Å². The molecule has 200 valence electrons. The van der Waals surface area contributed by atoms with E-state index < -0.39 is 0 Å². The Morgan fingerprint density at radius 3 is 1.75 bits per heavy atom. The second kappa shape index (κ2) is 17.5. The van der Waals surface area contributed by atoms with Gasteiger partial charge < -0.3 is 4.74 Å². The lowest BCUT2D eigenvalue weighted by molar-refractivity contribution is 0.198. The summed E-state index contributed by atoms with van der Waals surface area (Å²) in [6.07, 6.45) is 27.4. The molecular weight excluding hydrogens is 440 g/mol. The molecule has 3 rings (SSSR count). The zero-order valence-corrected chi connectivity index (χ0v) is 23.4. The van der Waals surface area contributed by atoms with Gasteiger partial charge >= 0.3 is 0 Å². The third-order valence-electron chi connectivity index (χ3n) is 7.98. The second-order valence-corrected chi connectivity index (χ2v) is 11.2. The van der Waals surface area contributed by atoms with Gasteiger partial charge in [-0.15, -0.1) is 0 Å². The highest BCUT2D eigenvalue weighted by Gasteiger charge is 2.24. The number of aryl methyl sites for hydroxylation is 2. The molecule has 1 aliphatic rings. The van der Waals surface area contributed by atoms with Crippen LogP contribution in [0.4, 0.5) is 0 Å². The standard InChI is InChI=1S/C33H52N2O/c1-3-5-7-9-10-12-13-15-28-19-23-32(24-20-28)36-27-29-17-21-31(22-18-29)33-34-25-30(26-35-33)16-14-11-8-6-4-2/h19-20,23-26,29,31H,3-18,21-22,27H2,1-2H3/t29-,31-. The molecule has 1 fully saturated rings. The summed E-state index contributed by atoms with van der Waals surface area (Å²) in [7, 11) is 0. The SMILES string of the molecule is CCCCCCCCCc1ccc(OC[C@H]2CC[C@H](c3ncc(CCCCCCC)cn3)CC2)cc1. The Morgan fingerprint density at radius 2 is 1.17 bits per heavy atom. The Balaban J connectivity index is 1.28. The minimum absolute atomic E-state index is 0.519. The molecule has 1 aliphatic carbocycles. The second-order valence-electron chi connectivity index (χ2n) is 11.2. The van der Waals surface area contributed by atoms with Gasteiger partial charge in [-0.05, 0) is 80.5 Å². The largest absolute Gasteiger partial charge is 0.493 e. The third-order valence-corrected chi connectivity index (χ3v) is 7.98. The van der Waals surface area contributed by atoms with E-state index in [4.69, 9.17) is 14.7 Å². The number of nitrogens with zero attached hydrogens (tertiary/aromatic N) is 2. The summed E-state index contributed by atoms with van der Waals surface area (Å²) < 4.78 is 6.17. The fraction of sp³-hybridized carbons (Fsp3) is 0.697. The topological polar surface area (TPSA) is 35.0 Å². The Morgan fingerprint density at radius 1 is 0.639 bits per heavy atom. The maximum absolute atomic E-state index is 6.17. The van der Waals surface area contributed by atoms with E-state index in [-0.39, 0.29) is 0 Å². The van der Waals surface area contributed by atoms with Crippen molar-refractivity contribution in [3.05, 3.63) is 53.6 Å². The minimum atomic E-state index is 0.519. The molecule has 36 heavy (non-hydrogen) atoms. The lowest BCUT2D eigenvalue weighted by Gasteiger charge is -2.27. The first-order valence-electron chi connectivity index (χ1n) is 15.3. The summed E-state index contributed by atoms with van der Waals surface area (Å²) in [5, 5.41) is 0. The van der Waals surface area contributed by atoms with E-state index in [0.717, 1.165) is 24.6 Å². The molecule has 0 saturated heterocycles. The number of ether oxygens (including phenoxy) is 1. The van der Waals surface area contributed by atoms with Crippen LogP contribution in [0.3, 0.4) is 0 Å². The number of aromatic nitrogens is 2. The first-order chi connectivity index (χ1) is 17.8. The van der Waals surface area contributed by atoms with Crippen molar-refractivity contribution in [3.8, 4) is 5.75 Å². The van der Waals surface area contributed by atoms with Crippen LogP contribution in [0.1, 0.15) is 139 Å². The van der Waals surface area contributed by atoms with Crippen molar-refractivity contribution < 1.29 is 4.74 Å². The van der Waals surface area contributed by atoms with E-state index in [1.165, 1.54) is 120 Å². The Labute approximate surface area is 221 Å². The van der Waals surface area contributed by atoms with E-state index in [9.17, 15) is 0 Å². The van der Waals surface area contributed by atoms with Gasteiger partial charge in [0.25, 0.3) is 0 Å². The molecule has 1 heterocycles. The molecule has 0 aliphatic heterocycles. The molecule has 0 amide bonds. The van der Waals surface area contributed by atoms with Gasteiger partial charge in [-0.1, -0.05) is 90.2 Å². The average molecular weight is 493 g/mol. The van der Waals surface area contributed by atoms with Crippen molar-refractivity contribution in [2.45, 2.75) is 135 Å². The summed E-state index contributed by atoms with van der Waals surface area (Å²) in [5.74, 6) is 3.25. The highest BCUT2D eigenvalue weighted by atomic mass is 16.5. The zero-order chi connectivity index (χ0) is 25.3. The van der Waals surface area contributed by atoms with Gasteiger partial charge in [-0.25, -0.2) is 9.97 Å². The van der Waals surface area contributed by atoms with Crippen molar-refractivity contribution in [3.63, 3.8) is 0 Å². The molecule has 1 aromatic heterocycles. The van der Waals surface area contributed by atoms with Crippen molar-refractivity contribution in [2.75, 3.05) is 6.61 Å². The quantitative estimate of drug-likeness (QED) is 0.194. The number of hydrogen-bond acceptors (Lipinski definition) is 3. The first kappa shape index (κ1) is 28.7. The normalized spacial score (nSPS) is 17.8. The third kappa shape index (κ3) is 11.0. The van der Waals surface area contributed by atoms with Crippen molar-refractivity contribution >= 4 is 0 Å². The Kier molecular flexibility index (Phi) is 14.0. The van der Waals surface area contributed by atoms with Gasteiger partial charge in [-0.3, -0.25) is 0 Å². The number of unbranched alkanes of at least 4 members (excludes halogenated alkanes) is 10. The van der Waals surface area contributed by atoms with Crippen LogP contribution in [0.25, 0.3) is 0 Å². The van der Waals surface area contributed by atoms with Crippen LogP contribution < -0.4 is 4.74 Å². The fourth-order valence-corrected chi connectivity index (χ4v) is 5.48. The highest BCUT2D eigenvalue weighted by Crippen LogP contribution is 2.34. The summed E-state index contributed by atoms with van der Waals surface area (Å²) >= 11 is 0. The minimum Gasteiger partial charge on any atom is -0.493 e. The lowest BCUT2D eigenvalue weighted by Crippen LogP contribution is -2.20. The molecule has 1 saturated carbocycles. The molecule has 0 atom stereocenters. The van der Waals surface area contributed by atoms with Crippen molar-refractivity contribution in [1.29, 1.82) is 0 Å². The van der Waals surface area contributed by atoms with Crippen molar-refractivity contribution in [1.82, 2.24) is 9.97 Å². The monoisotopic (exact) mass is 492 g/mol. The molecule has 2 aromatic rings. The molecule has 0 unspecified atom stereocenters. The lowest BCUT2D eigenvalue weighted by atomic mass is 9.82. The molecule has 0 N–H and O–H groups in total. The Bertz CT molecular complexity index is 793. The molecular formula is C33H52N2O. The smallest absolute Gasteiger partial charge is 0.131 e. The first-order valence-corrected chi connectivity index (χ1v) is 15.3. The highest BCUT2D eigenvalue weighted by molar-refractivity contribution is 5.27. The maximum atomic E-state index is 6.17. The van der Waals surface area contributed by atoms with Crippen LogP contribution in [0.2, 0.25) is 0 Å². The summed E-state index contributed by atoms with van der Waals surface area (Å²) in [4.78, 5) is 9.49. The maximum Gasteiger partial charge on any atom is 0.131 e. The summed E-state index contributed by atoms with van der Waals surface area (Å²) in [5.41, 5.74) is 2.74. The van der Waals surface area contributed by atoms with Crippen LogP contribution >= 0.6 is 0 Å². The molecule has 1 aromatic carbocycles. The van der Waals surface area contributed by atoms with Gasteiger partial charge in [0.05, 0.1) is 6.61 Å². The van der Waals surface area contributed by atoms with Gasteiger partial charge in [0.2, 0.25) is 0 Å². The summed E-state index contributed by atoms with van der Waals surface area (Å²) in [6.45, 7) is 5.38. The van der Waals surface area contributed by atoms with Gasteiger partial charge in [0.1, 0.15) is 11.6 Å². The van der Waals surface area contributed by atoms with E-state index in [0.29, 0.717) is 11.8 Å². The molecule has 0 spiro atoms. The van der Waals surface area contributed by atoms with Crippen LogP contribution in [0.15, 0.2) is 36.7 Å². The number of hydrogen-bond donors (Lipinski definition) is 0. The predicted octanol–water partition coefficient (Wildman–Crippen LogP) is 9.64. The van der Waals surface area contributed by atoms with Crippen LogP contribution in [-0.2, 0) is 12.8 Å². The molecule has 3 heteroatoms. The van der Waals surface area contributed by atoms with Crippen LogP contribution in [0, 0.1) is 5.92 Å². The van der Waals surface area contributed by atoms with E-state index >= 15 is 0 Å². The van der Waals surface area contributed by atoms with Crippen molar-refractivity contribution in [2.24, 2.45) is 5.92 Å². The number of rotatable bonds is 18. The van der Waals surface area contributed by atoms with Gasteiger partial charge in [0, 0.05) is 18.3 Å².